The maximum absolute atomic E-state index is 13.5. The molecule has 0 aliphatic carbocycles. The molecule has 3 heterocycles. The van der Waals surface area contributed by atoms with E-state index < -0.39 is 57.9 Å². The topological polar surface area (TPSA) is 164 Å². The summed E-state index contributed by atoms with van der Waals surface area (Å²) >= 11 is 1.30. The Morgan fingerprint density at radius 1 is 1.26 bits per heavy atom. The maximum Gasteiger partial charge on any atom is 1.00 e. The van der Waals surface area contributed by atoms with Crippen molar-refractivity contribution in [2.45, 2.75) is 62.9 Å². The van der Waals surface area contributed by atoms with Crippen LogP contribution in [0.5, 0.6) is 0 Å². The average molecular weight is 565 g/mol. The second-order valence-electron chi connectivity index (χ2n) is 9.68. The van der Waals surface area contributed by atoms with Crippen molar-refractivity contribution in [2.75, 3.05) is 6.61 Å². The molecular formula is C26H29N4NaO7S. The van der Waals surface area contributed by atoms with Crippen LogP contribution in [0.4, 0.5) is 0 Å². The molecule has 0 bridgehead atoms. The van der Waals surface area contributed by atoms with Gasteiger partial charge in [0.05, 0.1) is 6.61 Å². The van der Waals surface area contributed by atoms with Gasteiger partial charge in [-0.05, 0) is 51.6 Å². The van der Waals surface area contributed by atoms with Gasteiger partial charge in [0.15, 0.2) is 6.04 Å². The number of carbonyl (C=O) groups is 4. The standard InChI is InChI=1S/C26H30N4O7S.Na/c1-6-37-25(36)16-12(2)15(13(3)27-16)20(31)28-17(14-10-8-7-9-11-14)21(32)29-18-22(33)30-19(24(34)35)26(4,5)38-23(18)30;/h7-11,17-19,23,27H,6H2,1-5H3,(H,28,31)(H,29,32)(H,34,35);/q;+1/p-1/t17?,18-,19+,23-;/m1./s1. The molecule has 2 aliphatic rings. The molecule has 1 unspecified atom stereocenters. The molecule has 13 heteroatoms. The third kappa shape index (κ3) is 5.60. The van der Waals surface area contributed by atoms with E-state index in [-0.39, 0.29) is 47.4 Å². The molecule has 0 saturated carbocycles. The third-order valence-corrected chi connectivity index (χ3v) is 8.29. The van der Waals surface area contributed by atoms with Gasteiger partial charge in [0.25, 0.3) is 0 Å². The van der Waals surface area contributed by atoms with Crippen molar-refractivity contribution in [3.8, 4) is 0 Å². The number of aliphatic carboxylic acids is 1. The van der Waals surface area contributed by atoms with E-state index in [0.29, 0.717) is 16.8 Å². The van der Waals surface area contributed by atoms with E-state index in [4.69, 9.17) is 4.74 Å². The minimum Gasteiger partial charge on any atom is -0.858 e. The second-order valence-corrected chi connectivity index (χ2v) is 11.4. The summed E-state index contributed by atoms with van der Waals surface area (Å²) in [5.74, 6) is -3.58. The molecule has 1 aromatic heterocycles. The fraction of sp³-hybridized carbons (Fsp3) is 0.423. The predicted molar refractivity (Wildman–Crippen MR) is 138 cm³/mol. The van der Waals surface area contributed by atoms with Gasteiger partial charge in [-0.25, -0.2) is 9.59 Å². The fourth-order valence-corrected chi connectivity index (χ4v) is 6.58. The number of carboxylic acids is 1. The van der Waals surface area contributed by atoms with Crippen molar-refractivity contribution < 1.29 is 63.7 Å². The van der Waals surface area contributed by atoms with Gasteiger partial charge in [-0.15, -0.1) is 11.8 Å². The van der Waals surface area contributed by atoms with E-state index in [0.717, 1.165) is 0 Å². The van der Waals surface area contributed by atoms with Gasteiger partial charge >= 0.3 is 41.5 Å². The quantitative estimate of drug-likeness (QED) is 0.112. The smallest absolute Gasteiger partial charge is 0.858 e. The minimum absolute atomic E-state index is 0. The fourth-order valence-electron chi connectivity index (χ4n) is 4.96. The predicted octanol–water partition coefficient (Wildman–Crippen LogP) is -1.71. The molecule has 2 fully saturated rings. The van der Waals surface area contributed by atoms with E-state index in [1.54, 1.807) is 65.0 Å². The molecule has 4 atom stereocenters. The Balaban J connectivity index is 0.00000420. The van der Waals surface area contributed by atoms with E-state index in [2.05, 4.69) is 15.3 Å². The number of aliphatic imine (C=N–C) groups is 1. The summed E-state index contributed by atoms with van der Waals surface area (Å²) in [6.45, 7) is 8.54. The summed E-state index contributed by atoms with van der Waals surface area (Å²) in [6, 6.07) is 5.20. The van der Waals surface area contributed by atoms with Gasteiger partial charge in [0, 0.05) is 16.0 Å². The number of fused-ring (bicyclic) bond motifs is 1. The van der Waals surface area contributed by atoms with Crippen LogP contribution in [0, 0.1) is 13.8 Å². The van der Waals surface area contributed by atoms with Crippen LogP contribution in [-0.4, -0.2) is 73.5 Å². The molecule has 2 aliphatic heterocycles. The SMILES string of the molecule is CCOC(=O)c1[nH]c(C)c(C([O-])=NC(C(=O)N[C@@H]2C(=O)N3[C@@H]2SC(C)(C)[C@@H]3C(=O)O)c2ccccc2)c1C.[Na+]. The summed E-state index contributed by atoms with van der Waals surface area (Å²) in [5, 5.41) is 25.1. The number of β-lactam (4-membered cyclic amide) rings is 1. The van der Waals surface area contributed by atoms with E-state index in [9.17, 15) is 29.4 Å². The molecule has 39 heavy (non-hydrogen) atoms. The van der Waals surface area contributed by atoms with E-state index in [1.165, 1.54) is 16.7 Å². The number of rotatable bonds is 8. The van der Waals surface area contributed by atoms with Crippen LogP contribution in [0.15, 0.2) is 35.3 Å². The largest absolute Gasteiger partial charge is 1.00 e. The van der Waals surface area contributed by atoms with Crippen molar-refractivity contribution in [1.82, 2.24) is 15.2 Å². The van der Waals surface area contributed by atoms with E-state index >= 15 is 0 Å². The Morgan fingerprint density at radius 2 is 1.90 bits per heavy atom. The zero-order chi connectivity index (χ0) is 27.9. The molecule has 11 nitrogen and oxygen atoms in total. The number of hydrogen-bond acceptors (Lipinski definition) is 8. The number of esters is 1. The first-order valence-corrected chi connectivity index (χ1v) is 13.0. The summed E-state index contributed by atoms with van der Waals surface area (Å²) in [6.07, 6.45) is 0. The molecule has 202 valence electrons. The summed E-state index contributed by atoms with van der Waals surface area (Å²) in [7, 11) is 0. The van der Waals surface area contributed by atoms with Gasteiger partial charge in [0.2, 0.25) is 11.8 Å². The Labute approximate surface area is 252 Å². The zero-order valence-corrected chi connectivity index (χ0v) is 25.4. The number of amides is 2. The van der Waals surface area contributed by atoms with Crippen molar-refractivity contribution in [2.24, 2.45) is 4.99 Å². The Kier molecular flexibility index (Phi) is 9.26. The number of benzene rings is 1. The number of carboxylic acid groups (broad SMARTS) is 1. The molecule has 2 amide bonds. The maximum atomic E-state index is 13.5. The minimum atomic E-state index is -1.28. The average Bonchev–Trinajstić information content (AvgIpc) is 3.31. The van der Waals surface area contributed by atoms with Gasteiger partial charge in [-0.1, -0.05) is 30.3 Å². The molecule has 0 spiro atoms. The number of thioether (sulfide) groups is 1. The van der Waals surface area contributed by atoms with Gasteiger partial charge in [-0.2, -0.15) is 0 Å². The summed E-state index contributed by atoms with van der Waals surface area (Å²) < 4.78 is 4.29. The number of aromatic amines is 1. The van der Waals surface area contributed by atoms with Crippen LogP contribution in [0.2, 0.25) is 0 Å². The second kappa shape index (κ2) is 11.7. The number of hydrogen-bond donors (Lipinski definition) is 3. The van der Waals surface area contributed by atoms with Crippen molar-refractivity contribution in [3.05, 3.63) is 58.4 Å². The number of aromatic nitrogens is 1. The number of carbonyl (C=O) groups excluding carboxylic acids is 3. The molecule has 0 radical (unpaired) electrons. The molecule has 3 N–H and O–H groups in total. The van der Waals surface area contributed by atoms with Crippen LogP contribution in [0.3, 0.4) is 0 Å². The van der Waals surface area contributed by atoms with Gasteiger partial charge in [0.1, 0.15) is 23.2 Å². The van der Waals surface area contributed by atoms with Crippen LogP contribution >= 0.6 is 11.8 Å². The summed E-state index contributed by atoms with van der Waals surface area (Å²) in [5.41, 5.74) is 1.49. The molecule has 1 aromatic carbocycles. The van der Waals surface area contributed by atoms with Crippen LogP contribution < -0.4 is 40.0 Å². The molecule has 2 aromatic rings. The first-order valence-electron chi connectivity index (χ1n) is 12.1. The molecular weight excluding hydrogens is 535 g/mol. The monoisotopic (exact) mass is 564 g/mol. The Hall–Kier alpha value is -2.80. The van der Waals surface area contributed by atoms with Crippen molar-refractivity contribution >= 4 is 41.4 Å². The number of H-pyrrole nitrogens is 1. The number of ether oxygens (including phenoxy) is 1. The first-order chi connectivity index (χ1) is 17.9. The van der Waals surface area contributed by atoms with Crippen molar-refractivity contribution in [1.29, 1.82) is 0 Å². The van der Waals surface area contributed by atoms with E-state index in [1.807, 2.05) is 0 Å². The number of aryl methyl sites for hydroxylation is 1. The van der Waals surface area contributed by atoms with Crippen LogP contribution in [0.1, 0.15) is 59.7 Å². The Morgan fingerprint density at radius 3 is 2.49 bits per heavy atom. The summed E-state index contributed by atoms with van der Waals surface area (Å²) in [4.78, 5) is 58.7. The normalized spacial score (nSPS) is 22.3. The van der Waals surface area contributed by atoms with Crippen molar-refractivity contribution in [3.63, 3.8) is 0 Å². The third-order valence-electron chi connectivity index (χ3n) is 6.71. The Bertz CT molecular complexity index is 1330. The molecule has 4 rings (SSSR count). The van der Waals surface area contributed by atoms with Crippen LogP contribution in [0.25, 0.3) is 0 Å². The van der Waals surface area contributed by atoms with Crippen LogP contribution in [-0.2, 0) is 19.1 Å². The van der Waals surface area contributed by atoms with Gasteiger partial charge < -0.3 is 30.2 Å². The molecule has 2 saturated heterocycles. The number of nitrogens with zero attached hydrogens (tertiary/aromatic N) is 2. The van der Waals surface area contributed by atoms with Gasteiger partial charge in [-0.3, -0.25) is 14.6 Å². The zero-order valence-electron chi connectivity index (χ0n) is 22.6. The number of nitrogens with one attached hydrogen (secondary N) is 2. The first kappa shape index (κ1) is 30.7.